The lowest BCUT2D eigenvalue weighted by Gasteiger charge is -2.05. The largest absolute Gasteiger partial charge is 0.487 e. The van der Waals surface area contributed by atoms with Crippen LogP contribution in [0.25, 0.3) is 0 Å². The highest BCUT2D eigenvalue weighted by molar-refractivity contribution is 6.29. The molecule has 2 rings (SSSR count). The maximum absolute atomic E-state index is 5.83. The highest BCUT2D eigenvalue weighted by Gasteiger charge is 2.00. The van der Waals surface area contributed by atoms with E-state index in [1.807, 2.05) is 30.3 Å². The summed E-state index contributed by atoms with van der Waals surface area (Å²) < 4.78 is 5.55. The molecule has 2 aromatic rings. The molecule has 0 aliphatic heterocycles. The molecule has 82 valence electrons. The molecule has 0 saturated heterocycles. The van der Waals surface area contributed by atoms with Gasteiger partial charge in [-0.25, -0.2) is 9.97 Å². The van der Waals surface area contributed by atoms with Gasteiger partial charge >= 0.3 is 0 Å². The number of para-hydroxylation sites is 1. The smallest absolute Gasteiger partial charge is 0.133 e. The lowest BCUT2D eigenvalue weighted by Crippen LogP contribution is -2.01. The van der Waals surface area contributed by atoms with Crippen LogP contribution in [0, 0.1) is 6.92 Å². The van der Waals surface area contributed by atoms with E-state index in [4.69, 9.17) is 16.3 Å². The molecule has 0 aliphatic rings. The first kappa shape index (κ1) is 10.9. The van der Waals surface area contributed by atoms with Crippen molar-refractivity contribution in [2.75, 3.05) is 0 Å². The van der Waals surface area contributed by atoms with Gasteiger partial charge in [-0.1, -0.05) is 29.8 Å². The Balaban J connectivity index is 2.05. The maximum Gasteiger partial charge on any atom is 0.133 e. The second-order valence-corrected chi connectivity index (χ2v) is 3.72. The van der Waals surface area contributed by atoms with Crippen LogP contribution in [-0.2, 0) is 6.61 Å². The second-order valence-electron chi connectivity index (χ2n) is 3.33. The van der Waals surface area contributed by atoms with E-state index in [0.717, 1.165) is 11.4 Å². The highest BCUT2D eigenvalue weighted by Crippen LogP contribution is 2.12. The number of nitrogens with zero attached hydrogens (tertiary/aromatic N) is 2. The van der Waals surface area contributed by atoms with Crippen LogP contribution in [0.1, 0.15) is 11.5 Å². The molecular formula is C12H11ClN2O. The van der Waals surface area contributed by atoms with Crippen molar-refractivity contribution < 1.29 is 4.74 Å². The Morgan fingerprint density at radius 1 is 1.19 bits per heavy atom. The zero-order valence-electron chi connectivity index (χ0n) is 8.85. The fourth-order valence-electron chi connectivity index (χ4n) is 1.34. The van der Waals surface area contributed by atoms with Gasteiger partial charge in [0, 0.05) is 6.07 Å². The number of rotatable bonds is 3. The summed E-state index contributed by atoms with van der Waals surface area (Å²) in [5, 5.41) is 0.444. The van der Waals surface area contributed by atoms with Gasteiger partial charge in [-0.05, 0) is 19.1 Å². The van der Waals surface area contributed by atoms with Crippen molar-refractivity contribution in [1.29, 1.82) is 0 Å². The molecule has 0 radical (unpaired) electrons. The normalized spacial score (nSPS) is 10.1. The summed E-state index contributed by atoms with van der Waals surface area (Å²) in [6.07, 6.45) is 0. The molecule has 1 aromatic heterocycles. The Bertz CT molecular complexity index is 453. The van der Waals surface area contributed by atoms with E-state index in [1.165, 1.54) is 0 Å². The topological polar surface area (TPSA) is 35.0 Å². The van der Waals surface area contributed by atoms with Crippen LogP contribution in [-0.4, -0.2) is 9.97 Å². The zero-order valence-corrected chi connectivity index (χ0v) is 9.61. The minimum absolute atomic E-state index is 0.396. The van der Waals surface area contributed by atoms with Crippen molar-refractivity contribution in [3.05, 3.63) is 53.1 Å². The van der Waals surface area contributed by atoms with Crippen molar-refractivity contribution in [3.63, 3.8) is 0 Å². The van der Waals surface area contributed by atoms with Gasteiger partial charge in [-0.15, -0.1) is 0 Å². The first-order valence-corrected chi connectivity index (χ1v) is 5.30. The van der Waals surface area contributed by atoms with E-state index in [-0.39, 0.29) is 0 Å². The summed E-state index contributed by atoms with van der Waals surface area (Å²) in [6, 6.07) is 11.3. The van der Waals surface area contributed by atoms with Crippen LogP contribution >= 0.6 is 11.6 Å². The second kappa shape index (κ2) is 4.94. The van der Waals surface area contributed by atoms with Crippen molar-refractivity contribution in [1.82, 2.24) is 9.97 Å². The first-order chi connectivity index (χ1) is 7.74. The minimum Gasteiger partial charge on any atom is -0.487 e. The fourth-order valence-corrected chi connectivity index (χ4v) is 1.59. The van der Waals surface area contributed by atoms with Crippen LogP contribution in [0.2, 0.25) is 5.15 Å². The monoisotopic (exact) mass is 234 g/mol. The molecule has 0 bridgehead atoms. The molecule has 1 aromatic carbocycles. The summed E-state index contributed by atoms with van der Waals surface area (Å²) in [5.41, 5.74) is 0.779. The quantitative estimate of drug-likeness (QED) is 0.766. The van der Waals surface area contributed by atoms with E-state index in [1.54, 1.807) is 13.0 Å². The molecule has 0 fully saturated rings. The van der Waals surface area contributed by atoms with Crippen molar-refractivity contribution in [2.24, 2.45) is 0 Å². The maximum atomic E-state index is 5.83. The molecule has 0 N–H and O–H groups in total. The average Bonchev–Trinajstić information content (AvgIpc) is 2.27. The predicted octanol–water partition coefficient (Wildman–Crippen LogP) is 3.02. The molecule has 0 amide bonds. The molecule has 0 unspecified atom stereocenters. The third-order valence-electron chi connectivity index (χ3n) is 1.99. The molecule has 0 saturated carbocycles. The first-order valence-electron chi connectivity index (χ1n) is 4.92. The standard InChI is InChI=1S/C12H11ClN2O/c1-9-14-10(7-12(13)15-9)8-16-11-5-3-2-4-6-11/h2-7H,8H2,1H3. The Morgan fingerprint density at radius 3 is 2.62 bits per heavy atom. The summed E-state index contributed by atoms with van der Waals surface area (Å²) in [4.78, 5) is 8.22. The van der Waals surface area contributed by atoms with Gasteiger partial charge in [0.05, 0.1) is 5.69 Å². The molecule has 0 atom stereocenters. The van der Waals surface area contributed by atoms with Crippen LogP contribution in [0.4, 0.5) is 0 Å². The van der Waals surface area contributed by atoms with Gasteiger partial charge in [0.25, 0.3) is 0 Å². The third-order valence-corrected chi connectivity index (χ3v) is 2.18. The lowest BCUT2D eigenvalue weighted by molar-refractivity contribution is 0.301. The third kappa shape index (κ3) is 2.94. The number of aryl methyl sites for hydroxylation is 1. The van der Waals surface area contributed by atoms with Gasteiger partial charge in [0.15, 0.2) is 0 Å². The van der Waals surface area contributed by atoms with Gasteiger partial charge in [-0.3, -0.25) is 0 Å². The van der Waals surface area contributed by atoms with Crippen LogP contribution in [0.15, 0.2) is 36.4 Å². The number of ether oxygens (including phenoxy) is 1. The Labute approximate surface area is 99.1 Å². The molecule has 3 nitrogen and oxygen atoms in total. The number of benzene rings is 1. The van der Waals surface area contributed by atoms with Crippen molar-refractivity contribution >= 4 is 11.6 Å². The molecular weight excluding hydrogens is 224 g/mol. The SMILES string of the molecule is Cc1nc(Cl)cc(COc2ccccc2)n1. The summed E-state index contributed by atoms with van der Waals surface area (Å²) in [7, 11) is 0. The Morgan fingerprint density at radius 2 is 1.94 bits per heavy atom. The van der Waals surface area contributed by atoms with Crippen molar-refractivity contribution in [2.45, 2.75) is 13.5 Å². The predicted molar refractivity (Wildman–Crippen MR) is 62.6 cm³/mol. The highest BCUT2D eigenvalue weighted by atomic mass is 35.5. The molecule has 4 heteroatoms. The van der Waals surface area contributed by atoms with Crippen LogP contribution in [0.3, 0.4) is 0 Å². The van der Waals surface area contributed by atoms with Gasteiger partial charge in [0.1, 0.15) is 23.3 Å². The van der Waals surface area contributed by atoms with E-state index in [9.17, 15) is 0 Å². The summed E-state index contributed by atoms with van der Waals surface area (Å²) >= 11 is 5.83. The zero-order chi connectivity index (χ0) is 11.4. The fraction of sp³-hybridized carbons (Fsp3) is 0.167. The molecule has 16 heavy (non-hydrogen) atoms. The molecule has 0 aliphatic carbocycles. The van der Waals surface area contributed by atoms with Gasteiger partial charge < -0.3 is 4.74 Å². The van der Waals surface area contributed by atoms with E-state index in [2.05, 4.69) is 9.97 Å². The number of aromatic nitrogens is 2. The summed E-state index contributed by atoms with van der Waals surface area (Å²) in [6.45, 7) is 2.20. The Kier molecular flexibility index (Phi) is 3.37. The Hall–Kier alpha value is -1.61. The molecule has 0 spiro atoms. The van der Waals surface area contributed by atoms with Gasteiger partial charge in [-0.2, -0.15) is 0 Å². The van der Waals surface area contributed by atoms with E-state index < -0.39 is 0 Å². The van der Waals surface area contributed by atoms with E-state index >= 15 is 0 Å². The number of halogens is 1. The summed E-state index contributed by atoms with van der Waals surface area (Å²) in [5.74, 6) is 1.47. The molecule has 1 heterocycles. The number of hydrogen-bond acceptors (Lipinski definition) is 3. The average molecular weight is 235 g/mol. The van der Waals surface area contributed by atoms with E-state index in [0.29, 0.717) is 17.6 Å². The van der Waals surface area contributed by atoms with Crippen LogP contribution in [0.5, 0.6) is 5.75 Å². The van der Waals surface area contributed by atoms with Crippen molar-refractivity contribution in [3.8, 4) is 5.75 Å². The van der Waals surface area contributed by atoms with Gasteiger partial charge in [0.2, 0.25) is 0 Å². The minimum atomic E-state index is 0.396. The van der Waals surface area contributed by atoms with Crippen LogP contribution < -0.4 is 4.74 Å². The number of hydrogen-bond donors (Lipinski definition) is 0. The lowest BCUT2D eigenvalue weighted by atomic mass is 10.3.